The van der Waals surface area contributed by atoms with Crippen molar-refractivity contribution in [3.8, 4) is 11.8 Å². The van der Waals surface area contributed by atoms with E-state index in [1.165, 1.54) is 15.6 Å². The molecule has 0 fully saturated rings. The summed E-state index contributed by atoms with van der Waals surface area (Å²) >= 11 is 3.59. The normalized spacial score (nSPS) is 9.53. The number of aryl methyl sites for hydroxylation is 2. The highest BCUT2D eigenvalue weighted by Gasteiger charge is 1.98. The fourth-order valence-electron chi connectivity index (χ4n) is 1.45. The van der Waals surface area contributed by atoms with Gasteiger partial charge in [-0.1, -0.05) is 41.9 Å². The van der Waals surface area contributed by atoms with Crippen molar-refractivity contribution in [1.82, 2.24) is 0 Å². The third-order valence-electron chi connectivity index (χ3n) is 2.34. The highest BCUT2D eigenvalue weighted by atomic mass is 79.9. The lowest BCUT2D eigenvalue weighted by atomic mass is 10.1. The number of benzene rings is 1. The van der Waals surface area contributed by atoms with Crippen LogP contribution in [0.3, 0.4) is 0 Å². The van der Waals surface area contributed by atoms with E-state index >= 15 is 0 Å². The van der Waals surface area contributed by atoms with Crippen LogP contribution in [0.5, 0.6) is 0 Å². The van der Waals surface area contributed by atoms with E-state index in [4.69, 9.17) is 0 Å². The predicted octanol–water partition coefficient (Wildman–Crippen LogP) is 4.36. The van der Waals surface area contributed by atoms with Crippen LogP contribution in [0.4, 0.5) is 0 Å². The van der Waals surface area contributed by atoms with Gasteiger partial charge in [0.25, 0.3) is 0 Å². The van der Waals surface area contributed by atoms with E-state index in [9.17, 15) is 0 Å². The quantitative estimate of drug-likeness (QED) is 0.712. The van der Waals surface area contributed by atoms with E-state index in [-0.39, 0.29) is 0 Å². The molecule has 0 aliphatic rings. The van der Waals surface area contributed by atoms with Crippen LogP contribution >= 0.6 is 15.9 Å². The predicted molar refractivity (Wildman–Crippen MR) is 69.9 cm³/mol. The Morgan fingerprint density at radius 1 is 1.20 bits per heavy atom. The molecule has 0 atom stereocenters. The van der Waals surface area contributed by atoms with Gasteiger partial charge in [-0.05, 0) is 30.0 Å². The Labute approximate surface area is 101 Å². The maximum Gasteiger partial charge on any atom is 0.0209 e. The van der Waals surface area contributed by atoms with Crippen molar-refractivity contribution in [2.24, 2.45) is 0 Å². The molecule has 0 bridgehead atoms. The first-order valence-electron chi connectivity index (χ1n) is 5.51. The van der Waals surface area contributed by atoms with Crippen LogP contribution in [-0.4, -0.2) is 0 Å². The molecule has 15 heavy (non-hydrogen) atoms. The van der Waals surface area contributed by atoms with Crippen molar-refractivity contribution in [2.45, 2.75) is 39.5 Å². The summed E-state index contributed by atoms with van der Waals surface area (Å²) in [4.78, 5) is 0. The standard InChI is InChI=1S/C14H17Br/c1-3-5-6-7-8-12-9-10-13(4-2)14(15)11-12/h9-11H,3-4,7-8H2,1-2H3. The SMILES string of the molecule is CCC#CCCc1ccc(CC)c(Br)c1. The molecule has 1 aromatic carbocycles. The van der Waals surface area contributed by atoms with Gasteiger partial charge in [-0.3, -0.25) is 0 Å². The Bertz CT molecular complexity index is 369. The lowest BCUT2D eigenvalue weighted by Gasteiger charge is -2.03. The van der Waals surface area contributed by atoms with Crippen molar-refractivity contribution in [3.05, 3.63) is 33.8 Å². The van der Waals surface area contributed by atoms with Crippen LogP contribution in [0.25, 0.3) is 0 Å². The minimum atomic E-state index is 0.957. The van der Waals surface area contributed by atoms with Crippen molar-refractivity contribution in [1.29, 1.82) is 0 Å². The number of hydrogen-bond acceptors (Lipinski definition) is 0. The third-order valence-corrected chi connectivity index (χ3v) is 3.08. The molecule has 0 saturated heterocycles. The van der Waals surface area contributed by atoms with Gasteiger partial charge in [-0.15, -0.1) is 11.8 Å². The minimum absolute atomic E-state index is 0.957. The van der Waals surface area contributed by atoms with Crippen LogP contribution in [-0.2, 0) is 12.8 Å². The van der Waals surface area contributed by atoms with E-state index in [1.54, 1.807) is 0 Å². The van der Waals surface area contributed by atoms with E-state index in [1.807, 2.05) is 0 Å². The zero-order valence-corrected chi connectivity index (χ0v) is 11.0. The summed E-state index contributed by atoms with van der Waals surface area (Å²) in [6.07, 6.45) is 4.05. The molecule has 0 aliphatic carbocycles. The summed E-state index contributed by atoms with van der Waals surface area (Å²) < 4.78 is 1.23. The maximum absolute atomic E-state index is 3.59. The van der Waals surface area contributed by atoms with Gasteiger partial charge in [-0.25, -0.2) is 0 Å². The van der Waals surface area contributed by atoms with Gasteiger partial charge in [0.15, 0.2) is 0 Å². The minimum Gasteiger partial charge on any atom is -0.104 e. The topological polar surface area (TPSA) is 0 Å². The van der Waals surface area contributed by atoms with Crippen LogP contribution in [0.1, 0.15) is 37.8 Å². The van der Waals surface area contributed by atoms with Gasteiger partial charge < -0.3 is 0 Å². The average molecular weight is 265 g/mol. The zero-order chi connectivity index (χ0) is 11.1. The van der Waals surface area contributed by atoms with Gasteiger partial charge in [0.1, 0.15) is 0 Å². The van der Waals surface area contributed by atoms with Crippen molar-refractivity contribution in [3.63, 3.8) is 0 Å². The lowest BCUT2D eigenvalue weighted by molar-refractivity contribution is 1.01. The molecule has 0 saturated carbocycles. The van der Waals surface area contributed by atoms with Crippen molar-refractivity contribution >= 4 is 15.9 Å². The molecule has 1 rings (SSSR count). The fraction of sp³-hybridized carbons (Fsp3) is 0.429. The molecule has 0 unspecified atom stereocenters. The van der Waals surface area contributed by atoms with Gasteiger partial charge in [-0.2, -0.15) is 0 Å². The Morgan fingerprint density at radius 3 is 2.60 bits per heavy atom. The van der Waals surface area contributed by atoms with Crippen molar-refractivity contribution in [2.75, 3.05) is 0 Å². The van der Waals surface area contributed by atoms with Crippen molar-refractivity contribution < 1.29 is 0 Å². The number of halogens is 1. The first-order valence-corrected chi connectivity index (χ1v) is 6.30. The molecule has 0 aromatic heterocycles. The van der Waals surface area contributed by atoms with E-state index in [2.05, 4.69) is 59.8 Å². The van der Waals surface area contributed by atoms with Crippen LogP contribution in [0.15, 0.2) is 22.7 Å². The number of hydrogen-bond donors (Lipinski definition) is 0. The summed E-state index contributed by atoms with van der Waals surface area (Å²) in [6.45, 7) is 4.26. The second-order valence-electron chi connectivity index (χ2n) is 3.49. The van der Waals surface area contributed by atoms with E-state index in [0.717, 1.165) is 25.7 Å². The van der Waals surface area contributed by atoms with Gasteiger partial charge in [0, 0.05) is 17.3 Å². The van der Waals surface area contributed by atoms with Crippen LogP contribution in [0.2, 0.25) is 0 Å². The molecule has 1 heteroatoms. The monoisotopic (exact) mass is 264 g/mol. The Morgan fingerprint density at radius 2 is 2.00 bits per heavy atom. The third kappa shape index (κ3) is 4.10. The summed E-state index contributed by atoms with van der Waals surface area (Å²) in [5.41, 5.74) is 2.74. The first-order chi connectivity index (χ1) is 7.27. The summed E-state index contributed by atoms with van der Waals surface area (Å²) in [6, 6.07) is 6.62. The Hall–Kier alpha value is -0.740. The Balaban J connectivity index is 2.59. The molecular formula is C14H17Br. The highest BCUT2D eigenvalue weighted by Crippen LogP contribution is 2.19. The summed E-state index contributed by atoms with van der Waals surface area (Å²) in [5.74, 6) is 6.26. The maximum atomic E-state index is 3.59. The van der Waals surface area contributed by atoms with E-state index in [0.29, 0.717) is 0 Å². The molecule has 0 radical (unpaired) electrons. The largest absolute Gasteiger partial charge is 0.104 e. The molecule has 0 heterocycles. The fourth-order valence-corrected chi connectivity index (χ4v) is 2.16. The molecule has 80 valence electrons. The smallest absolute Gasteiger partial charge is 0.0209 e. The average Bonchev–Trinajstić information content (AvgIpc) is 2.25. The lowest BCUT2D eigenvalue weighted by Crippen LogP contribution is -1.88. The van der Waals surface area contributed by atoms with Crippen LogP contribution < -0.4 is 0 Å². The molecule has 1 aromatic rings. The second kappa shape index (κ2) is 6.69. The highest BCUT2D eigenvalue weighted by molar-refractivity contribution is 9.10. The van der Waals surface area contributed by atoms with Gasteiger partial charge >= 0.3 is 0 Å². The number of rotatable bonds is 3. The zero-order valence-electron chi connectivity index (χ0n) is 9.44. The second-order valence-corrected chi connectivity index (χ2v) is 4.34. The summed E-state index contributed by atoms with van der Waals surface area (Å²) in [5, 5.41) is 0. The molecule has 0 spiro atoms. The molecule has 0 nitrogen and oxygen atoms in total. The van der Waals surface area contributed by atoms with Gasteiger partial charge in [0.2, 0.25) is 0 Å². The molecule has 0 N–H and O–H groups in total. The summed E-state index contributed by atoms with van der Waals surface area (Å²) in [7, 11) is 0. The Kier molecular flexibility index (Phi) is 5.50. The molecular weight excluding hydrogens is 248 g/mol. The first kappa shape index (κ1) is 12.3. The van der Waals surface area contributed by atoms with Gasteiger partial charge in [0.05, 0.1) is 0 Å². The van der Waals surface area contributed by atoms with Crippen LogP contribution in [0, 0.1) is 11.8 Å². The van der Waals surface area contributed by atoms with E-state index < -0.39 is 0 Å². The molecule has 0 amide bonds. The molecule has 0 aliphatic heterocycles.